The van der Waals surface area contributed by atoms with Gasteiger partial charge in [-0.25, -0.2) is 0 Å². The summed E-state index contributed by atoms with van der Waals surface area (Å²) in [4.78, 5) is 11.4. The van der Waals surface area contributed by atoms with E-state index in [1.807, 2.05) is 19.1 Å². The Morgan fingerprint density at radius 1 is 1.36 bits per heavy atom. The van der Waals surface area contributed by atoms with E-state index in [0.717, 1.165) is 5.56 Å². The fourth-order valence-electron chi connectivity index (χ4n) is 1.09. The lowest BCUT2D eigenvalue weighted by Crippen LogP contribution is -2.24. The van der Waals surface area contributed by atoms with Crippen molar-refractivity contribution in [2.24, 2.45) is 0 Å². The zero-order valence-corrected chi connectivity index (χ0v) is 8.29. The van der Waals surface area contributed by atoms with E-state index in [2.05, 4.69) is 5.32 Å². The number of rotatable bonds is 4. The average molecular weight is 193 g/mol. The van der Waals surface area contributed by atoms with Crippen LogP contribution in [0.4, 0.5) is 0 Å². The molecule has 0 radical (unpaired) electrons. The van der Waals surface area contributed by atoms with Crippen LogP contribution in [0.15, 0.2) is 24.3 Å². The van der Waals surface area contributed by atoms with Crippen molar-refractivity contribution in [3.63, 3.8) is 0 Å². The van der Waals surface area contributed by atoms with Crippen molar-refractivity contribution in [2.45, 2.75) is 13.3 Å². The maximum absolute atomic E-state index is 11.4. The lowest BCUT2D eigenvalue weighted by molar-refractivity contribution is 0.0951. The highest BCUT2D eigenvalue weighted by Crippen LogP contribution is 2.02. The van der Waals surface area contributed by atoms with Crippen LogP contribution >= 0.6 is 0 Å². The first-order valence-electron chi connectivity index (χ1n) is 4.70. The normalized spacial score (nSPS) is 9.86. The molecule has 0 saturated carbocycles. The number of aliphatic hydroxyl groups excluding tert-OH is 1. The summed E-state index contributed by atoms with van der Waals surface area (Å²) in [6.07, 6.45) is 0.595. The molecule has 0 aliphatic heterocycles. The zero-order valence-electron chi connectivity index (χ0n) is 8.29. The van der Waals surface area contributed by atoms with Crippen molar-refractivity contribution in [2.75, 3.05) is 13.2 Å². The zero-order chi connectivity index (χ0) is 10.4. The van der Waals surface area contributed by atoms with Gasteiger partial charge in [0.1, 0.15) is 0 Å². The minimum atomic E-state index is -0.0848. The van der Waals surface area contributed by atoms with Gasteiger partial charge in [0.25, 0.3) is 5.91 Å². The van der Waals surface area contributed by atoms with Crippen LogP contribution < -0.4 is 5.32 Å². The first-order chi connectivity index (χ1) is 6.74. The Bertz CT molecular complexity index is 293. The molecule has 76 valence electrons. The van der Waals surface area contributed by atoms with Crippen molar-refractivity contribution in [1.82, 2.24) is 5.32 Å². The van der Waals surface area contributed by atoms with Gasteiger partial charge < -0.3 is 10.4 Å². The molecule has 3 nitrogen and oxygen atoms in total. The molecule has 2 N–H and O–H groups in total. The predicted octanol–water partition coefficient (Wildman–Crippen LogP) is 1.11. The third kappa shape index (κ3) is 3.18. The Labute approximate surface area is 83.8 Å². The maximum atomic E-state index is 11.4. The highest BCUT2D eigenvalue weighted by molar-refractivity contribution is 5.94. The fraction of sp³-hybridized carbons (Fsp3) is 0.364. The first kappa shape index (κ1) is 10.7. The van der Waals surface area contributed by atoms with E-state index < -0.39 is 0 Å². The lowest BCUT2D eigenvalue weighted by atomic mass is 10.1. The molecular formula is C11H15NO2. The predicted molar refractivity (Wildman–Crippen MR) is 55.2 cm³/mol. The van der Waals surface area contributed by atoms with Gasteiger partial charge in [0, 0.05) is 18.7 Å². The first-order valence-corrected chi connectivity index (χ1v) is 4.70. The lowest BCUT2D eigenvalue weighted by Gasteiger charge is -2.03. The molecule has 1 amide bonds. The molecular weight excluding hydrogens is 178 g/mol. The Kier molecular flexibility index (Phi) is 4.13. The minimum Gasteiger partial charge on any atom is -0.396 e. The summed E-state index contributed by atoms with van der Waals surface area (Å²) in [6, 6.07) is 7.40. The number of amides is 1. The maximum Gasteiger partial charge on any atom is 0.251 e. The number of hydrogen-bond donors (Lipinski definition) is 2. The number of carbonyl (C=O) groups is 1. The Morgan fingerprint density at radius 3 is 2.57 bits per heavy atom. The fourth-order valence-corrected chi connectivity index (χ4v) is 1.09. The number of benzene rings is 1. The number of aliphatic hydroxyl groups is 1. The molecule has 0 fully saturated rings. The van der Waals surface area contributed by atoms with Crippen LogP contribution in [0, 0.1) is 6.92 Å². The van der Waals surface area contributed by atoms with Crippen LogP contribution in [-0.2, 0) is 0 Å². The molecule has 0 atom stereocenters. The monoisotopic (exact) mass is 193 g/mol. The van der Waals surface area contributed by atoms with E-state index in [0.29, 0.717) is 18.5 Å². The molecule has 1 aromatic carbocycles. The van der Waals surface area contributed by atoms with E-state index in [9.17, 15) is 4.79 Å². The molecule has 0 aromatic heterocycles. The minimum absolute atomic E-state index is 0.0848. The van der Waals surface area contributed by atoms with Crippen molar-refractivity contribution >= 4 is 5.91 Å². The number of carbonyl (C=O) groups excluding carboxylic acids is 1. The Morgan fingerprint density at radius 2 is 2.00 bits per heavy atom. The standard InChI is InChI=1S/C11H15NO2/c1-9-3-5-10(6-4-9)11(14)12-7-2-8-13/h3-6,13H,2,7-8H2,1H3,(H,12,14). The average Bonchev–Trinajstić information content (AvgIpc) is 2.19. The molecule has 0 saturated heterocycles. The van der Waals surface area contributed by atoms with E-state index in [1.165, 1.54) is 0 Å². The largest absolute Gasteiger partial charge is 0.396 e. The van der Waals surface area contributed by atoms with Gasteiger partial charge >= 0.3 is 0 Å². The molecule has 14 heavy (non-hydrogen) atoms. The third-order valence-corrected chi connectivity index (χ3v) is 1.93. The van der Waals surface area contributed by atoms with E-state index in [1.54, 1.807) is 12.1 Å². The van der Waals surface area contributed by atoms with Gasteiger partial charge in [-0.15, -0.1) is 0 Å². The van der Waals surface area contributed by atoms with Crippen molar-refractivity contribution in [1.29, 1.82) is 0 Å². The summed E-state index contributed by atoms with van der Waals surface area (Å²) in [7, 11) is 0. The molecule has 3 heteroatoms. The molecule has 0 spiro atoms. The van der Waals surface area contributed by atoms with Crippen LogP contribution in [0.5, 0.6) is 0 Å². The smallest absolute Gasteiger partial charge is 0.251 e. The van der Waals surface area contributed by atoms with Crippen molar-refractivity contribution < 1.29 is 9.90 Å². The molecule has 1 rings (SSSR count). The van der Waals surface area contributed by atoms with Crippen LogP contribution in [0.2, 0.25) is 0 Å². The van der Waals surface area contributed by atoms with Crippen LogP contribution in [0.25, 0.3) is 0 Å². The molecule has 1 aromatic rings. The van der Waals surface area contributed by atoms with Gasteiger partial charge in [-0.2, -0.15) is 0 Å². The second-order valence-corrected chi connectivity index (χ2v) is 3.20. The van der Waals surface area contributed by atoms with Gasteiger partial charge in [0.2, 0.25) is 0 Å². The van der Waals surface area contributed by atoms with Crippen LogP contribution in [-0.4, -0.2) is 24.2 Å². The SMILES string of the molecule is Cc1ccc(C(=O)NCCCO)cc1. The summed E-state index contributed by atoms with van der Waals surface area (Å²) in [6.45, 7) is 2.60. The second kappa shape index (κ2) is 5.40. The summed E-state index contributed by atoms with van der Waals surface area (Å²) >= 11 is 0. The Balaban J connectivity index is 2.48. The van der Waals surface area contributed by atoms with Gasteiger partial charge in [-0.05, 0) is 25.5 Å². The third-order valence-electron chi connectivity index (χ3n) is 1.93. The van der Waals surface area contributed by atoms with Crippen LogP contribution in [0.3, 0.4) is 0 Å². The molecule has 0 bridgehead atoms. The highest BCUT2D eigenvalue weighted by atomic mass is 16.3. The summed E-state index contributed by atoms with van der Waals surface area (Å²) < 4.78 is 0. The van der Waals surface area contributed by atoms with Crippen LogP contribution in [0.1, 0.15) is 22.3 Å². The van der Waals surface area contributed by atoms with Gasteiger partial charge in [0.15, 0.2) is 0 Å². The summed E-state index contributed by atoms with van der Waals surface area (Å²) in [5.74, 6) is -0.0848. The Hall–Kier alpha value is -1.35. The quantitative estimate of drug-likeness (QED) is 0.704. The van der Waals surface area contributed by atoms with Gasteiger partial charge in [-0.3, -0.25) is 4.79 Å². The van der Waals surface area contributed by atoms with Gasteiger partial charge in [0.05, 0.1) is 0 Å². The topological polar surface area (TPSA) is 49.3 Å². The van der Waals surface area contributed by atoms with E-state index in [-0.39, 0.29) is 12.5 Å². The van der Waals surface area contributed by atoms with E-state index in [4.69, 9.17) is 5.11 Å². The van der Waals surface area contributed by atoms with Crippen molar-refractivity contribution in [3.05, 3.63) is 35.4 Å². The molecule has 0 aliphatic carbocycles. The summed E-state index contributed by atoms with van der Waals surface area (Å²) in [5.41, 5.74) is 1.80. The van der Waals surface area contributed by atoms with Crippen molar-refractivity contribution in [3.8, 4) is 0 Å². The second-order valence-electron chi connectivity index (χ2n) is 3.20. The number of nitrogens with one attached hydrogen (secondary N) is 1. The molecule has 0 heterocycles. The highest BCUT2D eigenvalue weighted by Gasteiger charge is 2.02. The number of aryl methyl sites for hydroxylation is 1. The van der Waals surface area contributed by atoms with Gasteiger partial charge in [-0.1, -0.05) is 17.7 Å². The molecule has 0 unspecified atom stereocenters. The number of hydrogen-bond acceptors (Lipinski definition) is 2. The summed E-state index contributed by atoms with van der Waals surface area (Å²) in [5, 5.41) is 11.3. The molecule has 0 aliphatic rings. The van der Waals surface area contributed by atoms with E-state index >= 15 is 0 Å².